The smallest absolute Gasteiger partial charge is 0.313 e. The largest absolute Gasteiger partial charge is 0.466 e. The van der Waals surface area contributed by atoms with Crippen molar-refractivity contribution in [1.29, 1.82) is 0 Å². The third-order valence-electron chi connectivity index (χ3n) is 3.29. The molecule has 18 heavy (non-hydrogen) atoms. The van der Waals surface area contributed by atoms with Crippen molar-refractivity contribution in [2.24, 2.45) is 5.92 Å². The number of ether oxygens (including phenoxy) is 1. The van der Waals surface area contributed by atoms with Crippen LogP contribution in [0, 0.1) is 5.92 Å². The molecule has 0 aliphatic carbocycles. The summed E-state index contributed by atoms with van der Waals surface area (Å²) < 4.78 is 30.2. The molecule has 2 atom stereocenters. The van der Waals surface area contributed by atoms with Crippen LogP contribution in [0.5, 0.6) is 0 Å². The predicted molar refractivity (Wildman–Crippen MR) is 61.4 cm³/mol. The lowest BCUT2D eigenvalue weighted by Crippen LogP contribution is -2.46. The van der Waals surface area contributed by atoms with Gasteiger partial charge in [0.1, 0.15) is 12.2 Å². The minimum atomic E-state index is -2.46. The standard InChI is InChI=1S/C12H19F2NO3/c1-3-18-11(17)7-10(16)8-4-5-15(2)9(6-8)12(13)14/h8-9,12H,3-7H2,1-2H3/t8-,9+/m1/s1. The van der Waals surface area contributed by atoms with Crippen LogP contribution in [0.2, 0.25) is 0 Å². The number of Topliss-reactive ketones (excluding diaryl/α,β-unsaturated/α-hetero) is 1. The summed E-state index contributed by atoms with van der Waals surface area (Å²) in [6.45, 7) is 2.33. The quantitative estimate of drug-likeness (QED) is 0.557. The second kappa shape index (κ2) is 6.78. The Labute approximate surface area is 105 Å². The van der Waals surface area contributed by atoms with Crippen molar-refractivity contribution < 1.29 is 23.1 Å². The van der Waals surface area contributed by atoms with Gasteiger partial charge >= 0.3 is 5.97 Å². The number of hydrogen-bond acceptors (Lipinski definition) is 4. The number of carbonyl (C=O) groups is 2. The summed E-state index contributed by atoms with van der Waals surface area (Å²) in [5.74, 6) is -1.31. The SMILES string of the molecule is CCOC(=O)CC(=O)[C@@H]1CCN(C)[C@H](C(F)F)C1. The number of alkyl halides is 2. The first kappa shape index (κ1) is 15.0. The Balaban J connectivity index is 2.51. The van der Waals surface area contributed by atoms with Crippen molar-refractivity contribution in [3.8, 4) is 0 Å². The van der Waals surface area contributed by atoms with E-state index in [4.69, 9.17) is 0 Å². The van der Waals surface area contributed by atoms with Crippen LogP contribution < -0.4 is 0 Å². The molecule has 6 heteroatoms. The van der Waals surface area contributed by atoms with Gasteiger partial charge in [-0.1, -0.05) is 0 Å². The summed E-state index contributed by atoms with van der Waals surface area (Å²) in [5, 5.41) is 0. The van der Waals surface area contributed by atoms with E-state index in [0.717, 1.165) is 0 Å². The molecule has 1 aliphatic heterocycles. The number of piperidine rings is 1. The first-order valence-electron chi connectivity index (χ1n) is 6.12. The Bertz CT molecular complexity index is 310. The van der Waals surface area contributed by atoms with E-state index in [1.54, 1.807) is 18.9 Å². The molecule has 1 aliphatic rings. The minimum absolute atomic E-state index is 0.117. The monoisotopic (exact) mass is 263 g/mol. The average Bonchev–Trinajstić information content (AvgIpc) is 2.29. The molecule has 1 heterocycles. The van der Waals surface area contributed by atoms with Crippen LogP contribution in [-0.2, 0) is 14.3 Å². The Morgan fingerprint density at radius 1 is 1.44 bits per heavy atom. The van der Waals surface area contributed by atoms with Gasteiger partial charge in [-0.25, -0.2) is 8.78 Å². The number of rotatable bonds is 5. The maximum absolute atomic E-state index is 12.7. The highest BCUT2D eigenvalue weighted by molar-refractivity contribution is 5.96. The average molecular weight is 263 g/mol. The fraction of sp³-hybridized carbons (Fsp3) is 0.833. The lowest BCUT2D eigenvalue weighted by molar-refractivity contribution is -0.146. The zero-order valence-electron chi connectivity index (χ0n) is 10.7. The van der Waals surface area contributed by atoms with Gasteiger partial charge in [-0.3, -0.25) is 14.5 Å². The number of likely N-dealkylation sites (tertiary alicyclic amines) is 1. The van der Waals surface area contributed by atoms with E-state index < -0.39 is 24.4 Å². The van der Waals surface area contributed by atoms with Crippen LogP contribution in [0.4, 0.5) is 8.78 Å². The summed E-state index contributed by atoms with van der Waals surface area (Å²) in [7, 11) is 1.63. The summed E-state index contributed by atoms with van der Waals surface area (Å²) in [6, 6.07) is -0.894. The van der Waals surface area contributed by atoms with E-state index in [0.29, 0.717) is 13.0 Å². The van der Waals surface area contributed by atoms with Gasteiger partial charge in [-0.05, 0) is 33.4 Å². The van der Waals surface area contributed by atoms with Crippen LogP contribution in [0.3, 0.4) is 0 Å². The summed E-state index contributed by atoms with van der Waals surface area (Å²) in [6.07, 6.45) is -2.13. The Kier molecular flexibility index (Phi) is 5.65. The van der Waals surface area contributed by atoms with Crippen LogP contribution in [-0.4, -0.2) is 49.3 Å². The zero-order chi connectivity index (χ0) is 13.7. The van der Waals surface area contributed by atoms with Crippen molar-refractivity contribution in [2.75, 3.05) is 20.2 Å². The van der Waals surface area contributed by atoms with E-state index in [-0.39, 0.29) is 25.2 Å². The molecule has 0 amide bonds. The maximum Gasteiger partial charge on any atom is 0.313 e. The first-order valence-corrected chi connectivity index (χ1v) is 6.12. The lowest BCUT2D eigenvalue weighted by Gasteiger charge is -2.35. The molecule has 0 aromatic carbocycles. The molecule has 104 valence electrons. The number of hydrogen-bond donors (Lipinski definition) is 0. The maximum atomic E-state index is 12.7. The van der Waals surface area contributed by atoms with Crippen LogP contribution in [0.1, 0.15) is 26.2 Å². The van der Waals surface area contributed by atoms with Crippen molar-refractivity contribution in [3.05, 3.63) is 0 Å². The molecule has 0 unspecified atom stereocenters. The van der Waals surface area contributed by atoms with Crippen molar-refractivity contribution in [1.82, 2.24) is 4.90 Å². The van der Waals surface area contributed by atoms with Gasteiger partial charge < -0.3 is 4.74 Å². The number of halogens is 2. The minimum Gasteiger partial charge on any atom is -0.466 e. The highest BCUT2D eigenvalue weighted by Gasteiger charge is 2.35. The summed E-state index contributed by atoms with van der Waals surface area (Å²) >= 11 is 0. The molecule has 0 aromatic rings. The number of carbonyl (C=O) groups excluding carboxylic acids is 2. The van der Waals surface area contributed by atoms with Gasteiger partial charge in [0.05, 0.1) is 12.6 Å². The lowest BCUT2D eigenvalue weighted by atomic mass is 9.87. The summed E-state index contributed by atoms with van der Waals surface area (Å²) in [5.41, 5.74) is 0. The fourth-order valence-corrected chi connectivity index (χ4v) is 2.20. The van der Waals surface area contributed by atoms with Gasteiger partial charge in [0.2, 0.25) is 0 Å². The van der Waals surface area contributed by atoms with E-state index in [1.807, 2.05) is 0 Å². The molecule has 0 bridgehead atoms. The van der Waals surface area contributed by atoms with Gasteiger partial charge in [-0.2, -0.15) is 0 Å². The normalized spacial score (nSPS) is 25.2. The van der Waals surface area contributed by atoms with Crippen LogP contribution in [0.15, 0.2) is 0 Å². The second-order valence-corrected chi connectivity index (χ2v) is 4.55. The topological polar surface area (TPSA) is 46.6 Å². The zero-order valence-corrected chi connectivity index (χ0v) is 10.7. The second-order valence-electron chi connectivity index (χ2n) is 4.55. The third kappa shape index (κ3) is 4.01. The molecular weight excluding hydrogens is 244 g/mol. The van der Waals surface area contributed by atoms with E-state index in [1.165, 1.54) is 0 Å². The molecular formula is C12H19F2NO3. The molecule has 1 rings (SSSR count). The summed E-state index contributed by atoms with van der Waals surface area (Å²) in [4.78, 5) is 24.5. The van der Waals surface area contributed by atoms with Crippen molar-refractivity contribution in [3.63, 3.8) is 0 Å². The number of esters is 1. The van der Waals surface area contributed by atoms with E-state index in [2.05, 4.69) is 4.74 Å². The van der Waals surface area contributed by atoms with E-state index >= 15 is 0 Å². The van der Waals surface area contributed by atoms with Gasteiger partial charge in [0.25, 0.3) is 6.43 Å². The molecule has 4 nitrogen and oxygen atoms in total. The predicted octanol–water partition coefficient (Wildman–Crippen LogP) is 1.48. The van der Waals surface area contributed by atoms with Crippen LogP contribution >= 0.6 is 0 Å². The van der Waals surface area contributed by atoms with Gasteiger partial charge in [-0.15, -0.1) is 0 Å². The van der Waals surface area contributed by atoms with Crippen molar-refractivity contribution in [2.45, 2.75) is 38.7 Å². The van der Waals surface area contributed by atoms with Gasteiger partial charge in [0.15, 0.2) is 0 Å². The van der Waals surface area contributed by atoms with Crippen molar-refractivity contribution >= 4 is 11.8 Å². The Morgan fingerprint density at radius 3 is 2.67 bits per heavy atom. The van der Waals surface area contributed by atoms with E-state index in [9.17, 15) is 18.4 Å². The number of ketones is 1. The Hall–Kier alpha value is -1.04. The third-order valence-corrected chi connectivity index (χ3v) is 3.29. The van der Waals surface area contributed by atoms with Crippen LogP contribution in [0.25, 0.3) is 0 Å². The Morgan fingerprint density at radius 2 is 2.11 bits per heavy atom. The highest BCUT2D eigenvalue weighted by atomic mass is 19.3. The molecule has 1 fully saturated rings. The molecule has 0 spiro atoms. The van der Waals surface area contributed by atoms with Gasteiger partial charge in [0, 0.05) is 5.92 Å². The first-order chi connectivity index (χ1) is 8.45. The molecule has 0 aromatic heterocycles. The molecule has 0 radical (unpaired) electrons. The number of nitrogens with zero attached hydrogens (tertiary/aromatic N) is 1. The molecule has 1 saturated heterocycles. The highest BCUT2D eigenvalue weighted by Crippen LogP contribution is 2.27. The fourth-order valence-electron chi connectivity index (χ4n) is 2.20. The molecule has 0 N–H and O–H groups in total. The molecule has 0 saturated carbocycles.